The van der Waals surface area contributed by atoms with Gasteiger partial charge in [-0.25, -0.2) is 8.42 Å². The summed E-state index contributed by atoms with van der Waals surface area (Å²) in [6.45, 7) is 0.462. The van der Waals surface area contributed by atoms with Crippen LogP contribution in [0.15, 0.2) is 36.4 Å². The zero-order valence-electron chi connectivity index (χ0n) is 18.6. The van der Waals surface area contributed by atoms with Crippen molar-refractivity contribution >= 4 is 27.2 Å². The Morgan fingerprint density at radius 2 is 1.78 bits per heavy atom. The van der Waals surface area contributed by atoms with Gasteiger partial charge in [0, 0.05) is 28.8 Å². The van der Waals surface area contributed by atoms with Crippen molar-refractivity contribution in [3.63, 3.8) is 0 Å². The van der Waals surface area contributed by atoms with E-state index in [2.05, 4.69) is 5.32 Å². The van der Waals surface area contributed by atoms with Gasteiger partial charge in [-0.15, -0.1) is 0 Å². The first-order chi connectivity index (χ1) is 15.1. The zero-order valence-corrected chi connectivity index (χ0v) is 20.2. The first-order valence-electron chi connectivity index (χ1n) is 10.1. The summed E-state index contributed by atoms with van der Waals surface area (Å²) in [5.41, 5.74) is 0.804. The molecule has 0 aromatic heterocycles. The molecule has 2 aromatic rings. The lowest BCUT2D eigenvalue weighted by atomic mass is 9.75. The average Bonchev–Trinajstić information content (AvgIpc) is 3.21. The molecule has 2 unspecified atom stereocenters. The quantitative estimate of drug-likeness (QED) is 0.549. The van der Waals surface area contributed by atoms with Gasteiger partial charge in [-0.2, -0.15) is 0 Å². The van der Waals surface area contributed by atoms with E-state index in [0.717, 1.165) is 5.56 Å². The van der Waals surface area contributed by atoms with Crippen LogP contribution in [0.1, 0.15) is 28.8 Å². The van der Waals surface area contributed by atoms with Crippen LogP contribution in [0.25, 0.3) is 0 Å². The average molecular weight is 482 g/mol. The molecule has 0 aliphatic carbocycles. The van der Waals surface area contributed by atoms with Gasteiger partial charge < -0.3 is 19.5 Å². The van der Waals surface area contributed by atoms with Crippen LogP contribution >= 0.6 is 11.6 Å². The highest BCUT2D eigenvalue weighted by Gasteiger charge is 2.43. The van der Waals surface area contributed by atoms with Crippen molar-refractivity contribution in [1.29, 1.82) is 0 Å². The maximum atomic E-state index is 13.4. The van der Waals surface area contributed by atoms with Gasteiger partial charge in [-0.05, 0) is 42.7 Å². The lowest BCUT2D eigenvalue weighted by molar-refractivity contribution is 0.0948. The second-order valence-corrected chi connectivity index (χ2v) is 10.8. The summed E-state index contributed by atoms with van der Waals surface area (Å²) in [6, 6.07) is 10.1. The molecule has 3 rings (SSSR count). The van der Waals surface area contributed by atoms with Crippen LogP contribution < -0.4 is 19.5 Å². The van der Waals surface area contributed by atoms with Crippen LogP contribution in [-0.2, 0) is 15.3 Å². The summed E-state index contributed by atoms with van der Waals surface area (Å²) in [5, 5.41) is 3.87. The standard InChI is InChI=1S/C23H28ClNO6S/c1-29-19-10-15(11-20(30-2)22(19)31-3)21(26)18-13-23(14-25-18,8-9-32(4,27)28)16-6-5-7-17(24)12-16/h5-7,10-12,18,25H,8-9,13-14H2,1-4H3. The molecule has 1 aliphatic heterocycles. The molecule has 174 valence electrons. The van der Waals surface area contributed by atoms with Gasteiger partial charge in [-0.1, -0.05) is 23.7 Å². The van der Waals surface area contributed by atoms with Gasteiger partial charge in [0.1, 0.15) is 9.84 Å². The van der Waals surface area contributed by atoms with Gasteiger partial charge in [-0.3, -0.25) is 4.79 Å². The Morgan fingerprint density at radius 1 is 1.12 bits per heavy atom. The maximum Gasteiger partial charge on any atom is 0.203 e. The number of carbonyl (C=O) groups is 1. The maximum absolute atomic E-state index is 13.4. The molecule has 2 atom stereocenters. The molecular weight excluding hydrogens is 454 g/mol. The molecule has 1 heterocycles. The molecule has 32 heavy (non-hydrogen) atoms. The molecule has 0 saturated carbocycles. The number of methoxy groups -OCH3 is 3. The fourth-order valence-electron chi connectivity index (χ4n) is 4.22. The van der Waals surface area contributed by atoms with Crippen LogP contribution in [0.2, 0.25) is 5.02 Å². The summed E-state index contributed by atoms with van der Waals surface area (Å²) in [4.78, 5) is 13.4. The Morgan fingerprint density at radius 3 is 2.31 bits per heavy atom. The number of Topliss-reactive ketones (excluding diaryl/α,β-unsaturated/α-hetero) is 1. The van der Waals surface area contributed by atoms with Gasteiger partial charge in [0.25, 0.3) is 0 Å². The van der Waals surface area contributed by atoms with Crippen LogP contribution in [-0.4, -0.2) is 60.1 Å². The highest BCUT2D eigenvalue weighted by molar-refractivity contribution is 7.90. The van der Waals surface area contributed by atoms with Crippen molar-refractivity contribution in [2.24, 2.45) is 0 Å². The molecule has 0 bridgehead atoms. The predicted molar refractivity (Wildman–Crippen MR) is 124 cm³/mol. The van der Waals surface area contributed by atoms with Crippen molar-refractivity contribution < 1.29 is 27.4 Å². The lowest BCUT2D eigenvalue weighted by Gasteiger charge is -2.29. The lowest BCUT2D eigenvalue weighted by Crippen LogP contribution is -2.31. The van der Waals surface area contributed by atoms with Crippen molar-refractivity contribution in [2.45, 2.75) is 24.3 Å². The molecule has 0 spiro atoms. The van der Waals surface area contributed by atoms with Crippen LogP contribution in [0.5, 0.6) is 17.2 Å². The summed E-state index contributed by atoms with van der Waals surface area (Å²) < 4.78 is 39.9. The van der Waals surface area contributed by atoms with Gasteiger partial charge in [0.2, 0.25) is 5.75 Å². The number of nitrogens with one attached hydrogen (secondary N) is 1. The smallest absolute Gasteiger partial charge is 0.203 e. The normalized spacial score (nSPS) is 20.7. The second-order valence-electron chi connectivity index (χ2n) is 8.09. The number of sulfone groups is 1. The number of halogens is 1. The molecule has 1 fully saturated rings. The highest BCUT2D eigenvalue weighted by Crippen LogP contribution is 2.41. The van der Waals surface area contributed by atoms with Crippen molar-refractivity contribution in [3.8, 4) is 17.2 Å². The molecule has 0 radical (unpaired) electrons. The molecule has 9 heteroatoms. The number of carbonyl (C=O) groups excluding carboxylic acids is 1. The third kappa shape index (κ3) is 5.19. The van der Waals surface area contributed by atoms with Crippen LogP contribution in [0.4, 0.5) is 0 Å². The molecule has 1 N–H and O–H groups in total. The Balaban J connectivity index is 1.94. The largest absolute Gasteiger partial charge is 0.493 e. The summed E-state index contributed by atoms with van der Waals surface area (Å²) in [5.74, 6) is 1.09. The number of benzene rings is 2. The van der Waals surface area contributed by atoms with Crippen molar-refractivity contribution in [2.75, 3.05) is 39.9 Å². The molecule has 0 amide bonds. The summed E-state index contributed by atoms with van der Waals surface area (Å²) >= 11 is 6.22. The number of hydrogen-bond donors (Lipinski definition) is 1. The van der Waals surface area contributed by atoms with E-state index >= 15 is 0 Å². The zero-order chi connectivity index (χ0) is 23.5. The Labute approximate surface area is 193 Å². The van der Waals surface area contributed by atoms with Crippen molar-refractivity contribution in [3.05, 3.63) is 52.5 Å². The number of hydrogen-bond acceptors (Lipinski definition) is 7. The molecule has 1 aliphatic rings. The van der Waals surface area contributed by atoms with Crippen molar-refractivity contribution in [1.82, 2.24) is 5.32 Å². The minimum Gasteiger partial charge on any atom is -0.493 e. The molecule has 7 nitrogen and oxygen atoms in total. The van der Waals surface area contributed by atoms with E-state index in [1.54, 1.807) is 18.2 Å². The molecule has 2 aromatic carbocycles. The second kappa shape index (κ2) is 9.68. The third-order valence-corrected chi connectivity index (χ3v) is 7.12. The Bertz CT molecular complexity index is 1080. The van der Waals surface area contributed by atoms with E-state index in [0.29, 0.717) is 47.2 Å². The monoisotopic (exact) mass is 481 g/mol. The SMILES string of the molecule is COc1cc(C(=O)C2CC(CCS(C)(=O)=O)(c3cccc(Cl)c3)CN2)cc(OC)c1OC. The fourth-order valence-corrected chi connectivity index (χ4v) is 5.17. The fraction of sp³-hybridized carbons (Fsp3) is 0.435. The Kier molecular flexibility index (Phi) is 7.37. The minimum atomic E-state index is -3.18. The van der Waals surface area contributed by atoms with E-state index in [9.17, 15) is 13.2 Å². The van der Waals surface area contributed by atoms with E-state index in [-0.39, 0.29) is 11.5 Å². The number of rotatable bonds is 9. The number of ketones is 1. The van der Waals surface area contributed by atoms with Crippen LogP contribution in [0, 0.1) is 0 Å². The predicted octanol–water partition coefficient (Wildman–Crippen LogP) is 3.28. The van der Waals surface area contributed by atoms with E-state index in [4.69, 9.17) is 25.8 Å². The molecule has 1 saturated heterocycles. The van der Waals surface area contributed by atoms with E-state index < -0.39 is 21.3 Å². The third-order valence-electron chi connectivity index (χ3n) is 5.94. The van der Waals surface area contributed by atoms with E-state index in [1.165, 1.54) is 27.6 Å². The van der Waals surface area contributed by atoms with Crippen LogP contribution in [0.3, 0.4) is 0 Å². The topological polar surface area (TPSA) is 90.9 Å². The molecular formula is C23H28ClNO6S. The number of ether oxygens (including phenoxy) is 3. The first kappa shape index (κ1) is 24.4. The summed E-state index contributed by atoms with van der Waals surface area (Å²) in [6.07, 6.45) is 2.05. The first-order valence-corrected chi connectivity index (χ1v) is 12.6. The highest BCUT2D eigenvalue weighted by atomic mass is 35.5. The summed E-state index contributed by atoms with van der Waals surface area (Å²) in [7, 11) is 1.31. The van der Waals surface area contributed by atoms with Gasteiger partial charge >= 0.3 is 0 Å². The minimum absolute atomic E-state index is 0.0201. The van der Waals surface area contributed by atoms with Gasteiger partial charge in [0.15, 0.2) is 17.3 Å². The van der Waals surface area contributed by atoms with Gasteiger partial charge in [0.05, 0.1) is 33.1 Å². The van der Waals surface area contributed by atoms with E-state index in [1.807, 2.05) is 18.2 Å². The Hall–Kier alpha value is -2.29.